The van der Waals surface area contributed by atoms with Crippen molar-refractivity contribution in [2.45, 2.75) is 51.5 Å². The van der Waals surface area contributed by atoms with Gasteiger partial charge in [0.2, 0.25) is 5.91 Å². The van der Waals surface area contributed by atoms with Crippen LogP contribution >= 0.6 is 11.3 Å². The van der Waals surface area contributed by atoms with Gasteiger partial charge < -0.3 is 14.9 Å². The van der Waals surface area contributed by atoms with Gasteiger partial charge in [0, 0.05) is 50.2 Å². The number of aliphatic hydroxyl groups is 1. The minimum absolute atomic E-state index is 0.0341. The largest absolute Gasteiger partial charge is 0.396 e. The van der Waals surface area contributed by atoms with Crippen LogP contribution in [0.2, 0.25) is 0 Å². The summed E-state index contributed by atoms with van der Waals surface area (Å²) in [5, 5.41) is 10.2. The number of amides is 2. The zero-order chi connectivity index (χ0) is 21.8. The molecule has 0 aliphatic carbocycles. The molecule has 0 saturated carbocycles. The van der Waals surface area contributed by atoms with Crippen molar-refractivity contribution >= 4 is 23.2 Å². The first-order valence-corrected chi connectivity index (χ1v) is 12.0. The zero-order valence-electron chi connectivity index (χ0n) is 18.0. The highest BCUT2D eigenvalue weighted by molar-refractivity contribution is 7.17. The molecule has 2 aliphatic rings. The number of aromatic nitrogens is 2. The number of thiazole rings is 1. The van der Waals surface area contributed by atoms with Crippen LogP contribution in [-0.2, 0) is 4.79 Å². The lowest BCUT2D eigenvalue weighted by Crippen LogP contribution is -2.51. The number of pyridine rings is 1. The summed E-state index contributed by atoms with van der Waals surface area (Å²) in [6.45, 7) is 3.86. The lowest BCUT2D eigenvalue weighted by Gasteiger charge is -2.40. The molecule has 2 amide bonds. The number of carbonyl (C=O) groups excluding carboxylic acids is 2. The third-order valence-electron chi connectivity index (χ3n) is 6.33. The van der Waals surface area contributed by atoms with Crippen molar-refractivity contribution in [1.82, 2.24) is 19.8 Å². The van der Waals surface area contributed by atoms with E-state index in [4.69, 9.17) is 0 Å². The number of rotatable bonds is 5. The lowest BCUT2D eigenvalue weighted by atomic mass is 9.92. The Labute approximate surface area is 187 Å². The summed E-state index contributed by atoms with van der Waals surface area (Å²) in [6.07, 6.45) is 8.82. The fourth-order valence-corrected chi connectivity index (χ4v) is 5.71. The number of carbonyl (C=O) groups is 2. The summed E-state index contributed by atoms with van der Waals surface area (Å²) in [5.74, 6) is -0.0519. The molecule has 31 heavy (non-hydrogen) atoms. The number of aryl methyl sites for hydroxylation is 1. The van der Waals surface area contributed by atoms with E-state index in [1.165, 1.54) is 11.3 Å². The Kier molecular flexibility index (Phi) is 6.97. The Morgan fingerprint density at radius 3 is 2.87 bits per heavy atom. The number of piperidine rings is 2. The van der Waals surface area contributed by atoms with Crippen LogP contribution in [0.5, 0.6) is 0 Å². The predicted octanol–water partition coefficient (Wildman–Crippen LogP) is 3.13. The van der Waals surface area contributed by atoms with Crippen molar-refractivity contribution in [3.05, 3.63) is 35.1 Å². The molecule has 8 heteroatoms. The average molecular weight is 443 g/mol. The quantitative estimate of drug-likeness (QED) is 0.769. The van der Waals surface area contributed by atoms with E-state index in [0.29, 0.717) is 24.4 Å². The van der Waals surface area contributed by atoms with E-state index in [1.807, 2.05) is 28.9 Å². The van der Waals surface area contributed by atoms with E-state index in [-0.39, 0.29) is 30.4 Å². The molecule has 166 valence electrons. The van der Waals surface area contributed by atoms with E-state index in [2.05, 4.69) is 9.97 Å². The fraction of sp³-hybridized carbons (Fsp3) is 0.565. The van der Waals surface area contributed by atoms with E-state index in [9.17, 15) is 14.7 Å². The molecule has 2 aromatic rings. The molecule has 2 fully saturated rings. The maximum Gasteiger partial charge on any atom is 0.265 e. The van der Waals surface area contributed by atoms with Gasteiger partial charge in [0.05, 0.1) is 11.6 Å². The second kappa shape index (κ2) is 9.87. The van der Waals surface area contributed by atoms with Crippen LogP contribution < -0.4 is 0 Å². The molecule has 2 aliphatic heterocycles. The van der Waals surface area contributed by atoms with Gasteiger partial charge in [-0.1, -0.05) is 0 Å². The summed E-state index contributed by atoms with van der Waals surface area (Å²) in [7, 11) is 0. The minimum Gasteiger partial charge on any atom is -0.396 e. The Bertz CT molecular complexity index is 915. The van der Waals surface area contributed by atoms with Gasteiger partial charge in [-0.15, -0.1) is 11.3 Å². The van der Waals surface area contributed by atoms with Crippen molar-refractivity contribution in [1.29, 1.82) is 0 Å². The van der Waals surface area contributed by atoms with Crippen LogP contribution in [0.4, 0.5) is 0 Å². The molecule has 2 unspecified atom stereocenters. The number of aliphatic hydroxyl groups excluding tert-OH is 1. The average Bonchev–Trinajstić information content (AvgIpc) is 3.21. The first-order valence-electron chi connectivity index (χ1n) is 11.2. The highest BCUT2D eigenvalue weighted by atomic mass is 32.1. The number of hydrogen-bond acceptors (Lipinski definition) is 6. The third-order valence-corrected chi connectivity index (χ3v) is 7.52. The molecule has 0 radical (unpaired) electrons. The molecular weight excluding hydrogens is 412 g/mol. The molecule has 2 atom stereocenters. The molecule has 7 nitrogen and oxygen atoms in total. The number of likely N-dealkylation sites (tertiary alicyclic amines) is 2. The van der Waals surface area contributed by atoms with Crippen LogP contribution in [-0.4, -0.2) is 69.0 Å². The standard InChI is InChI=1S/C23H30N4O3S/c1-16-20(31-21(25-16)17-6-4-10-24-14-17)23(30)26-11-5-7-18(15-26)22(29)27-12-3-2-8-19(27)9-13-28/h4,6,10,14,18-19,28H,2-3,5,7-9,11-13,15H2,1H3. The van der Waals surface area contributed by atoms with Gasteiger partial charge >= 0.3 is 0 Å². The lowest BCUT2D eigenvalue weighted by molar-refractivity contribution is -0.141. The second-order valence-corrected chi connectivity index (χ2v) is 9.46. The maximum absolute atomic E-state index is 13.3. The predicted molar refractivity (Wildman–Crippen MR) is 120 cm³/mol. The van der Waals surface area contributed by atoms with Gasteiger partial charge in [-0.25, -0.2) is 4.98 Å². The van der Waals surface area contributed by atoms with Crippen LogP contribution in [0.3, 0.4) is 0 Å². The summed E-state index contributed by atoms with van der Waals surface area (Å²) in [6, 6.07) is 3.93. The summed E-state index contributed by atoms with van der Waals surface area (Å²) in [5.41, 5.74) is 1.63. The van der Waals surface area contributed by atoms with Crippen LogP contribution in [0, 0.1) is 12.8 Å². The minimum atomic E-state index is -0.164. The summed E-state index contributed by atoms with van der Waals surface area (Å²) in [4.78, 5) is 39.8. The van der Waals surface area contributed by atoms with Gasteiger partial charge in [-0.2, -0.15) is 0 Å². The van der Waals surface area contributed by atoms with E-state index >= 15 is 0 Å². The molecular formula is C23H30N4O3S. The van der Waals surface area contributed by atoms with Crippen molar-refractivity contribution < 1.29 is 14.7 Å². The zero-order valence-corrected chi connectivity index (χ0v) is 18.8. The number of hydrogen-bond donors (Lipinski definition) is 1. The van der Waals surface area contributed by atoms with Crippen LogP contribution in [0.15, 0.2) is 24.5 Å². The second-order valence-electron chi connectivity index (χ2n) is 8.46. The van der Waals surface area contributed by atoms with Crippen LogP contribution in [0.25, 0.3) is 10.6 Å². The Morgan fingerprint density at radius 2 is 2.10 bits per heavy atom. The number of nitrogens with zero attached hydrogens (tertiary/aromatic N) is 4. The maximum atomic E-state index is 13.3. The third kappa shape index (κ3) is 4.80. The van der Waals surface area contributed by atoms with Crippen molar-refractivity contribution in [2.24, 2.45) is 5.92 Å². The normalized spacial score (nSPS) is 21.9. The van der Waals surface area contributed by atoms with Crippen molar-refractivity contribution in [2.75, 3.05) is 26.2 Å². The molecule has 1 N–H and O–H groups in total. The highest BCUT2D eigenvalue weighted by Crippen LogP contribution is 2.30. The van der Waals surface area contributed by atoms with Gasteiger partial charge in [0.15, 0.2) is 0 Å². The molecule has 2 aromatic heterocycles. The van der Waals surface area contributed by atoms with E-state index in [0.717, 1.165) is 54.9 Å². The monoisotopic (exact) mass is 442 g/mol. The summed E-state index contributed by atoms with van der Waals surface area (Å²) >= 11 is 1.39. The Balaban J connectivity index is 1.46. The molecule has 0 spiro atoms. The van der Waals surface area contributed by atoms with Gasteiger partial charge in [0.1, 0.15) is 9.88 Å². The topological polar surface area (TPSA) is 86.6 Å². The van der Waals surface area contributed by atoms with Crippen molar-refractivity contribution in [3.63, 3.8) is 0 Å². The smallest absolute Gasteiger partial charge is 0.265 e. The Morgan fingerprint density at radius 1 is 1.23 bits per heavy atom. The molecule has 4 rings (SSSR count). The van der Waals surface area contributed by atoms with E-state index < -0.39 is 0 Å². The van der Waals surface area contributed by atoms with Crippen molar-refractivity contribution in [3.8, 4) is 10.6 Å². The van der Waals surface area contributed by atoms with Gasteiger partial charge in [0.25, 0.3) is 5.91 Å². The van der Waals surface area contributed by atoms with E-state index in [1.54, 1.807) is 12.4 Å². The molecule has 4 heterocycles. The van der Waals surface area contributed by atoms with Gasteiger partial charge in [-0.05, 0) is 57.6 Å². The Hall–Kier alpha value is -2.32. The molecule has 2 saturated heterocycles. The highest BCUT2D eigenvalue weighted by Gasteiger charge is 2.35. The molecule has 0 aromatic carbocycles. The first-order chi connectivity index (χ1) is 15.1. The molecule has 0 bridgehead atoms. The SMILES string of the molecule is Cc1nc(-c2cccnc2)sc1C(=O)N1CCCC(C(=O)N2CCCCC2CCO)C1. The van der Waals surface area contributed by atoms with Crippen LogP contribution in [0.1, 0.15) is 53.9 Å². The van der Waals surface area contributed by atoms with Gasteiger partial charge in [-0.3, -0.25) is 14.6 Å². The summed E-state index contributed by atoms with van der Waals surface area (Å²) < 4.78 is 0. The first kappa shape index (κ1) is 21.9. The fourth-order valence-electron chi connectivity index (χ4n) is 4.69.